The van der Waals surface area contributed by atoms with Crippen molar-refractivity contribution < 1.29 is 18.0 Å². The van der Waals surface area contributed by atoms with Crippen molar-refractivity contribution in [2.24, 2.45) is 0 Å². The Morgan fingerprint density at radius 2 is 1.90 bits per heavy atom. The van der Waals surface area contributed by atoms with Gasteiger partial charge in [-0.15, -0.1) is 0 Å². The lowest BCUT2D eigenvalue weighted by Crippen LogP contribution is -2.14. The van der Waals surface area contributed by atoms with Crippen molar-refractivity contribution in [2.75, 3.05) is 11.1 Å². The average Bonchev–Trinajstić information content (AvgIpc) is 3.17. The Morgan fingerprint density at radius 3 is 2.61 bits per heavy atom. The van der Waals surface area contributed by atoms with E-state index in [1.165, 1.54) is 30.2 Å². The molecule has 0 radical (unpaired) electrons. The molecule has 0 aliphatic heterocycles. The second-order valence-corrected chi connectivity index (χ2v) is 7.76. The van der Waals surface area contributed by atoms with Crippen LogP contribution in [-0.2, 0) is 11.0 Å². The largest absolute Gasteiger partial charge is 0.416 e. The topological polar surface area (TPSA) is 72.7 Å². The van der Waals surface area contributed by atoms with Gasteiger partial charge in [-0.1, -0.05) is 29.4 Å². The number of aromatic nitrogens is 4. The fraction of sp³-hybridized carbons (Fsp3) is 0.100. The third kappa shape index (κ3) is 4.80. The smallest absolute Gasteiger partial charge is 0.325 e. The van der Waals surface area contributed by atoms with Crippen LogP contribution in [0.25, 0.3) is 16.7 Å². The fourth-order valence-corrected chi connectivity index (χ4v) is 3.75. The normalized spacial score (nSPS) is 11.6. The van der Waals surface area contributed by atoms with Crippen LogP contribution in [0.3, 0.4) is 0 Å². The molecule has 0 saturated heterocycles. The molecule has 1 amide bonds. The molecule has 4 rings (SSSR count). The minimum Gasteiger partial charge on any atom is -0.325 e. The quantitative estimate of drug-likeness (QED) is 0.324. The number of hydrogen-bond donors (Lipinski definition) is 1. The number of nitrogens with zero attached hydrogens (tertiary/aromatic N) is 4. The third-order valence-corrected chi connectivity index (χ3v) is 5.46. The number of carbonyl (C=O) groups is 1. The van der Waals surface area contributed by atoms with Crippen molar-refractivity contribution in [1.82, 2.24) is 19.7 Å². The SMILES string of the molecule is O=C(CSc1ncnc2c1cnn2-c1cccc(Cl)c1)Nc1ccc(C(F)(F)F)cc1. The summed E-state index contributed by atoms with van der Waals surface area (Å²) in [5, 5.41) is 8.69. The maximum atomic E-state index is 12.6. The van der Waals surface area contributed by atoms with Crippen LogP contribution in [0.1, 0.15) is 5.56 Å². The molecule has 1 N–H and O–H groups in total. The van der Waals surface area contributed by atoms with Crippen LogP contribution in [0.2, 0.25) is 5.02 Å². The van der Waals surface area contributed by atoms with Crippen molar-refractivity contribution in [2.45, 2.75) is 11.2 Å². The number of halogens is 4. The maximum Gasteiger partial charge on any atom is 0.416 e. The first-order valence-electron chi connectivity index (χ1n) is 8.86. The van der Waals surface area contributed by atoms with E-state index in [2.05, 4.69) is 20.4 Å². The highest BCUT2D eigenvalue weighted by molar-refractivity contribution is 8.00. The lowest BCUT2D eigenvalue weighted by molar-refractivity contribution is -0.137. The van der Waals surface area contributed by atoms with Crippen molar-refractivity contribution in [3.63, 3.8) is 0 Å². The lowest BCUT2D eigenvalue weighted by Gasteiger charge is -2.09. The highest BCUT2D eigenvalue weighted by Gasteiger charge is 2.30. The van der Waals surface area contributed by atoms with Crippen LogP contribution in [0, 0.1) is 0 Å². The van der Waals surface area contributed by atoms with Gasteiger partial charge in [0.15, 0.2) is 5.65 Å². The second kappa shape index (κ2) is 8.56. The molecule has 2 aromatic heterocycles. The van der Waals surface area contributed by atoms with Crippen LogP contribution in [0.4, 0.5) is 18.9 Å². The van der Waals surface area contributed by atoms with Gasteiger partial charge in [-0.05, 0) is 42.5 Å². The monoisotopic (exact) mass is 463 g/mol. The molecule has 0 spiro atoms. The zero-order valence-corrected chi connectivity index (χ0v) is 17.2. The van der Waals surface area contributed by atoms with Crippen LogP contribution >= 0.6 is 23.4 Å². The predicted molar refractivity (Wildman–Crippen MR) is 112 cm³/mol. The number of alkyl halides is 3. The molecule has 11 heteroatoms. The minimum atomic E-state index is -4.42. The number of amides is 1. The van der Waals surface area contributed by atoms with Gasteiger partial charge in [0.1, 0.15) is 11.4 Å². The third-order valence-electron chi connectivity index (χ3n) is 4.22. The first-order chi connectivity index (χ1) is 14.8. The van der Waals surface area contributed by atoms with Crippen molar-refractivity contribution in [3.8, 4) is 5.69 Å². The van der Waals surface area contributed by atoms with Crippen LogP contribution < -0.4 is 5.32 Å². The zero-order chi connectivity index (χ0) is 22.0. The van der Waals surface area contributed by atoms with Crippen molar-refractivity contribution in [1.29, 1.82) is 0 Å². The summed E-state index contributed by atoms with van der Waals surface area (Å²) in [7, 11) is 0. The number of anilines is 1. The van der Waals surface area contributed by atoms with E-state index < -0.39 is 11.7 Å². The fourth-order valence-electron chi connectivity index (χ4n) is 2.81. The number of carbonyl (C=O) groups excluding carboxylic acids is 1. The van der Waals surface area contributed by atoms with Gasteiger partial charge in [0.25, 0.3) is 0 Å². The molecule has 0 aliphatic carbocycles. The van der Waals surface area contributed by atoms with E-state index in [1.807, 2.05) is 6.07 Å². The van der Waals surface area contributed by atoms with Gasteiger partial charge >= 0.3 is 6.18 Å². The molecule has 0 unspecified atom stereocenters. The highest BCUT2D eigenvalue weighted by atomic mass is 35.5. The summed E-state index contributed by atoms with van der Waals surface area (Å²) in [6, 6.07) is 11.4. The Balaban J connectivity index is 1.46. The van der Waals surface area contributed by atoms with Crippen LogP contribution in [-0.4, -0.2) is 31.4 Å². The van der Waals surface area contributed by atoms with E-state index in [9.17, 15) is 18.0 Å². The van der Waals surface area contributed by atoms with Gasteiger partial charge in [-0.2, -0.15) is 18.3 Å². The summed E-state index contributed by atoms with van der Waals surface area (Å²) >= 11 is 7.22. The predicted octanol–water partition coefficient (Wildman–Crippen LogP) is 5.22. The molecule has 0 saturated carbocycles. The van der Waals surface area contributed by atoms with Gasteiger partial charge in [-0.25, -0.2) is 14.6 Å². The van der Waals surface area contributed by atoms with Gasteiger partial charge in [0, 0.05) is 10.7 Å². The van der Waals surface area contributed by atoms with E-state index in [0.717, 1.165) is 17.8 Å². The maximum absolute atomic E-state index is 12.6. The Bertz CT molecular complexity index is 1240. The summed E-state index contributed by atoms with van der Waals surface area (Å²) in [6.45, 7) is 0. The van der Waals surface area contributed by atoms with Crippen LogP contribution in [0.15, 0.2) is 66.1 Å². The van der Waals surface area contributed by atoms with Crippen molar-refractivity contribution >= 4 is 46.0 Å². The van der Waals surface area contributed by atoms with Gasteiger partial charge in [0.05, 0.1) is 28.6 Å². The summed E-state index contributed by atoms with van der Waals surface area (Å²) < 4.78 is 39.5. The molecule has 4 aromatic rings. The zero-order valence-electron chi connectivity index (χ0n) is 15.6. The Kier molecular flexibility index (Phi) is 5.84. The minimum absolute atomic E-state index is 0.00941. The van der Waals surface area contributed by atoms with E-state index in [0.29, 0.717) is 21.1 Å². The van der Waals surface area contributed by atoms with Crippen LogP contribution in [0.5, 0.6) is 0 Å². The lowest BCUT2D eigenvalue weighted by atomic mass is 10.2. The molecule has 0 aliphatic rings. The summed E-state index contributed by atoms with van der Waals surface area (Å²) in [4.78, 5) is 20.7. The second-order valence-electron chi connectivity index (χ2n) is 6.36. The summed E-state index contributed by atoms with van der Waals surface area (Å²) in [5.74, 6) is -0.367. The molecule has 2 heterocycles. The molecule has 158 valence electrons. The van der Waals surface area contributed by atoms with Gasteiger partial charge < -0.3 is 5.32 Å². The van der Waals surface area contributed by atoms with E-state index in [4.69, 9.17) is 11.6 Å². The van der Waals surface area contributed by atoms with E-state index in [1.54, 1.807) is 29.1 Å². The standard InChI is InChI=1S/C20H13ClF3N5OS/c21-13-2-1-3-15(8-13)29-18-16(9-27-29)19(26-11-25-18)31-10-17(30)28-14-6-4-12(5-7-14)20(22,23)24/h1-9,11H,10H2,(H,28,30). The molecule has 6 nitrogen and oxygen atoms in total. The Hall–Kier alpha value is -3.11. The molecule has 0 atom stereocenters. The van der Waals surface area contributed by atoms with Gasteiger partial charge in [0.2, 0.25) is 5.91 Å². The average molecular weight is 464 g/mol. The molecular formula is C20H13ClF3N5OS. The van der Waals surface area contributed by atoms with E-state index >= 15 is 0 Å². The molecule has 0 bridgehead atoms. The summed E-state index contributed by atoms with van der Waals surface area (Å²) in [6.07, 6.45) is -1.44. The van der Waals surface area contributed by atoms with Crippen molar-refractivity contribution in [3.05, 3.63) is 71.6 Å². The molecular weight excluding hydrogens is 451 g/mol. The highest BCUT2D eigenvalue weighted by Crippen LogP contribution is 2.30. The van der Waals surface area contributed by atoms with E-state index in [-0.39, 0.29) is 17.3 Å². The first kappa shape index (κ1) is 21.1. The number of nitrogens with one attached hydrogen (secondary N) is 1. The Labute approximate surface area is 183 Å². The first-order valence-corrected chi connectivity index (χ1v) is 10.2. The molecule has 2 aromatic carbocycles. The number of thioether (sulfide) groups is 1. The number of hydrogen-bond acceptors (Lipinski definition) is 5. The van der Waals surface area contributed by atoms with Gasteiger partial charge in [-0.3, -0.25) is 4.79 Å². The molecule has 31 heavy (non-hydrogen) atoms. The number of fused-ring (bicyclic) bond motifs is 1. The Morgan fingerprint density at radius 1 is 1.13 bits per heavy atom. The number of benzene rings is 2. The number of rotatable bonds is 5. The summed E-state index contributed by atoms with van der Waals surface area (Å²) in [5.41, 5.74) is 0.792. The molecule has 0 fully saturated rings.